The molecule has 0 aliphatic carbocycles. The summed E-state index contributed by atoms with van der Waals surface area (Å²) < 4.78 is 14.8. The first kappa shape index (κ1) is 30.1. The number of rotatable bonds is 22. The minimum Gasteiger partial charge on any atom is -0.649 e. The summed E-state index contributed by atoms with van der Waals surface area (Å²) in [5.74, 6) is -0.280. The summed E-state index contributed by atoms with van der Waals surface area (Å²) in [7, 11) is -2.54. The molecule has 0 amide bonds. The maximum atomic E-state index is 11.8. The molecule has 0 bridgehead atoms. The molecule has 0 radical (unpaired) electrons. The van der Waals surface area contributed by atoms with Gasteiger partial charge in [-0.3, -0.25) is 4.79 Å². The molecule has 30 heavy (non-hydrogen) atoms. The molecule has 6 nitrogen and oxygen atoms in total. The maximum Gasteiger partial charge on any atom is 0.305 e. The Morgan fingerprint density at radius 1 is 0.867 bits per heavy atom. The highest BCUT2D eigenvalue weighted by molar-refractivity contribution is 8.34. The first-order valence-electron chi connectivity index (χ1n) is 11.8. The molecule has 0 aromatic heterocycles. The van der Waals surface area contributed by atoms with E-state index in [-0.39, 0.29) is 19.2 Å². The van der Waals surface area contributed by atoms with Gasteiger partial charge < -0.3 is 26.6 Å². The van der Waals surface area contributed by atoms with Gasteiger partial charge in [0.2, 0.25) is 0 Å². The van der Waals surface area contributed by atoms with Gasteiger partial charge >= 0.3 is 5.97 Å². The number of carbonyl (C=O) groups excluding carboxylic acids is 1. The van der Waals surface area contributed by atoms with Crippen LogP contribution in [0.5, 0.6) is 0 Å². The molecular formula is C22H44O6PS-. The minimum absolute atomic E-state index is 0.0105. The van der Waals surface area contributed by atoms with Crippen LogP contribution in [0.3, 0.4) is 0 Å². The Balaban J connectivity index is 3.38. The van der Waals surface area contributed by atoms with Crippen LogP contribution in [-0.2, 0) is 31.0 Å². The Bertz CT molecular complexity index is 392. The zero-order chi connectivity index (χ0) is 22.5. The zero-order valence-electron chi connectivity index (χ0n) is 19.1. The lowest BCUT2D eigenvalue weighted by Gasteiger charge is -2.28. The van der Waals surface area contributed by atoms with Crippen LogP contribution in [-0.4, -0.2) is 37.3 Å². The maximum absolute atomic E-state index is 11.8. The van der Waals surface area contributed by atoms with Crippen molar-refractivity contribution in [2.45, 2.75) is 116 Å². The third-order valence-corrected chi connectivity index (χ3v) is 5.96. The molecule has 180 valence electrons. The van der Waals surface area contributed by atoms with E-state index in [4.69, 9.17) is 14.4 Å². The molecule has 0 heterocycles. The first-order valence-corrected chi connectivity index (χ1v) is 14.3. The van der Waals surface area contributed by atoms with Crippen molar-refractivity contribution in [2.24, 2.45) is 0 Å². The highest BCUT2D eigenvalue weighted by Crippen LogP contribution is 2.42. The van der Waals surface area contributed by atoms with Gasteiger partial charge in [0, 0.05) is 13.5 Å². The van der Waals surface area contributed by atoms with Gasteiger partial charge in [-0.05, 0) is 6.42 Å². The Labute approximate surface area is 190 Å². The van der Waals surface area contributed by atoms with Crippen molar-refractivity contribution >= 4 is 25.4 Å². The summed E-state index contributed by atoms with van der Waals surface area (Å²) in [6.45, 7) is 2.07. The number of esters is 1. The summed E-state index contributed by atoms with van der Waals surface area (Å²) in [4.78, 5) is 31.6. The van der Waals surface area contributed by atoms with Gasteiger partial charge in [0.25, 0.3) is 0 Å². The third kappa shape index (κ3) is 22.8. The Morgan fingerprint density at radius 2 is 1.30 bits per heavy atom. The lowest BCUT2D eigenvalue weighted by molar-refractivity contribution is -0.206. The fourth-order valence-corrected chi connectivity index (χ4v) is 3.80. The van der Waals surface area contributed by atoms with Crippen molar-refractivity contribution in [3.05, 3.63) is 0 Å². The second-order valence-electron chi connectivity index (χ2n) is 8.00. The SMILES string of the molecule is CCCCCCCCCCCCCCCCCC(=O)OCC(CO[P+]([O-])(O)[S-])OC. The highest BCUT2D eigenvalue weighted by atomic mass is 32.7. The van der Waals surface area contributed by atoms with Gasteiger partial charge in [0.05, 0.1) is 0 Å². The molecule has 2 atom stereocenters. The van der Waals surface area contributed by atoms with Gasteiger partial charge in [0.15, 0.2) is 0 Å². The van der Waals surface area contributed by atoms with Gasteiger partial charge in [-0.15, -0.1) is 0 Å². The normalized spacial score (nSPS) is 14.4. The summed E-state index contributed by atoms with van der Waals surface area (Å²) in [6, 6.07) is 0. The Morgan fingerprint density at radius 3 is 1.70 bits per heavy atom. The molecule has 8 heteroatoms. The number of hydrogen-bond acceptors (Lipinski definition) is 7. The van der Waals surface area contributed by atoms with Crippen LogP contribution in [0.15, 0.2) is 0 Å². The Hall–Kier alpha value is 0.0900. The zero-order valence-corrected chi connectivity index (χ0v) is 20.9. The van der Waals surface area contributed by atoms with E-state index in [0.29, 0.717) is 6.42 Å². The van der Waals surface area contributed by atoms with Crippen LogP contribution in [0.1, 0.15) is 110 Å². The Kier molecular flexibility index (Phi) is 21.0. The van der Waals surface area contributed by atoms with Gasteiger partial charge in [0.1, 0.15) is 26.5 Å². The van der Waals surface area contributed by atoms with Crippen LogP contribution < -0.4 is 4.89 Å². The molecule has 0 fully saturated rings. The first-order chi connectivity index (χ1) is 14.4. The van der Waals surface area contributed by atoms with E-state index in [0.717, 1.165) is 19.3 Å². The fourth-order valence-electron chi connectivity index (χ4n) is 3.26. The predicted molar refractivity (Wildman–Crippen MR) is 124 cm³/mol. The molecule has 0 aliphatic rings. The largest absolute Gasteiger partial charge is 0.649 e. The number of ether oxygens (including phenoxy) is 2. The second-order valence-corrected chi connectivity index (χ2v) is 10.6. The van der Waals surface area contributed by atoms with Gasteiger partial charge in [-0.25, -0.2) is 9.42 Å². The van der Waals surface area contributed by atoms with Gasteiger partial charge in [-0.1, -0.05) is 96.8 Å². The van der Waals surface area contributed by atoms with E-state index in [1.165, 1.54) is 84.2 Å². The highest BCUT2D eigenvalue weighted by Gasteiger charge is 2.16. The van der Waals surface area contributed by atoms with Crippen molar-refractivity contribution in [2.75, 3.05) is 20.3 Å². The summed E-state index contributed by atoms with van der Waals surface area (Å²) >= 11 is 4.26. The standard InChI is InChI=1S/C22H45O6PS/c1-3-4-5-6-7-8-9-10-11-12-13-14-15-16-17-18-22(23)27-19-21(26-2)20-28-29(24,25)30/h21H,3-20H2,1-2H3,(H2,24,25,30)/p-1. The van der Waals surface area contributed by atoms with E-state index in [1.807, 2.05) is 0 Å². The molecule has 0 spiro atoms. The monoisotopic (exact) mass is 467 g/mol. The molecule has 0 aromatic rings. The average Bonchev–Trinajstić information content (AvgIpc) is 2.70. The summed E-state index contributed by atoms with van der Waals surface area (Å²) in [5, 5.41) is 0. The minimum atomic E-state index is -3.96. The molecule has 0 aliphatic heterocycles. The van der Waals surface area contributed by atoms with Crippen molar-refractivity contribution < 1.29 is 28.6 Å². The average molecular weight is 468 g/mol. The summed E-state index contributed by atoms with van der Waals surface area (Å²) in [6.07, 6.45) is 19.1. The van der Waals surface area contributed by atoms with E-state index >= 15 is 0 Å². The number of unbranched alkanes of at least 4 members (excludes halogenated alkanes) is 14. The number of hydrogen-bond donors (Lipinski definition) is 1. The van der Waals surface area contributed by atoms with Crippen molar-refractivity contribution in [3.63, 3.8) is 0 Å². The van der Waals surface area contributed by atoms with Crippen molar-refractivity contribution in [3.8, 4) is 0 Å². The van der Waals surface area contributed by atoms with E-state index in [1.54, 1.807) is 0 Å². The quantitative estimate of drug-likeness (QED) is 0.0987. The van der Waals surface area contributed by atoms with E-state index < -0.39 is 13.2 Å². The predicted octanol–water partition coefficient (Wildman–Crippen LogP) is 5.40. The summed E-state index contributed by atoms with van der Waals surface area (Å²) in [5.41, 5.74) is 0. The molecule has 0 aromatic carbocycles. The smallest absolute Gasteiger partial charge is 0.305 e. The lowest BCUT2D eigenvalue weighted by atomic mass is 10.0. The molecule has 0 saturated heterocycles. The lowest BCUT2D eigenvalue weighted by Crippen LogP contribution is -2.27. The van der Waals surface area contributed by atoms with Gasteiger partial charge in [-0.2, -0.15) is 0 Å². The van der Waals surface area contributed by atoms with Crippen LogP contribution in [0.2, 0.25) is 0 Å². The van der Waals surface area contributed by atoms with E-state index in [2.05, 4.69) is 23.7 Å². The van der Waals surface area contributed by atoms with Crippen molar-refractivity contribution in [1.29, 1.82) is 0 Å². The second kappa shape index (κ2) is 21.0. The number of methoxy groups -OCH3 is 1. The molecule has 2 unspecified atom stereocenters. The van der Waals surface area contributed by atoms with Crippen LogP contribution >= 0.6 is 7.15 Å². The molecule has 1 N–H and O–H groups in total. The third-order valence-electron chi connectivity index (χ3n) is 5.17. The van der Waals surface area contributed by atoms with Crippen LogP contribution in [0, 0.1) is 0 Å². The molecule has 0 saturated carbocycles. The molecule has 0 rings (SSSR count). The topological polar surface area (TPSA) is 88.1 Å². The fraction of sp³-hybridized carbons (Fsp3) is 0.955. The van der Waals surface area contributed by atoms with E-state index in [9.17, 15) is 9.69 Å². The van der Waals surface area contributed by atoms with Crippen LogP contribution in [0.25, 0.3) is 0 Å². The van der Waals surface area contributed by atoms with Crippen molar-refractivity contribution in [1.82, 2.24) is 0 Å². The van der Waals surface area contributed by atoms with Crippen LogP contribution in [0.4, 0.5) is 0 Å². The molecular weight excluding hydrogens is 423 g/mol. The number of carbonyl (C=O) groups is 1.